The SMILES string of the molecule is CNC(c1cncc(-c2ccccc2)c1)[C@H]1CCc2ccccc2O1. The van der Waals surface area contributed by atoms with Gasteiger partial charge in [0.2, 0.25) is 0 Å². The Bertz CT molecular complexity index is 847. The molecule has 2 heterocycles. The molecule has 0 aliphatic carbocycles. The van der Waals surface area contributed by atoms with Gasteiger partial charge in [-0.25, -0.2) is 0 Å². The fourth-order valence-corrected chi connectivity index (χ4v) is 3.56. The minimum atomic E-state index is 0.104. The number of rotatable bonds is 4. The average Bonchev–Trinajstić information content (AvgIpc) is 2.69. The van der Waals surface area contributed by atoms with Gasteiger partial charge in [-0.1, -0.05) is 48.5 Å². The summed E-state index contributed by atoms with van der Waals surface area (Å²) in [6.45, 7) is 0. The quantitative estimate of drug-likeness (QED) is 0.770. The largest absolute Gasteiger partial charge is 0.488 e. The summed E-state index contributed by atoms with van der Waals surface area (Å²) < 4.78 is 6.29. The lowest BCUT2D eigenvalue weighted by Crippen LogP contribution is -2.36. The third kappa shape index (κ3) is 3.28. The standard InChI is InChI=1S/C22H22N2O/c1-23-22(21-12-11-17-9-5-6-10-20(17)25-21)19-13-18(14-24-15-19)16-7-3-2-4-8-16/h2-10,13-15,21-23H,11-12H2,1H3/t21-,22?/m1/s1. The molecule has 1 unspecified atom stereocenters. The number of fused-ring (bicyclic) bond motifs is 1. The van der Waals surface area contributed by atoms with Crippen LogP contribution in [0.25, 0.3) is 11.1 Å². The fourth-order valence-electron chi connectivity index (χ4n) is 3.56. The second-order valence-electron chi connectivity index (χ2n) is 6.44. The summed E-state index contributed by atoms with van der Waals surface area (Å²) in [5.74, 6) is 1.01. The second-order valence-corrected chi connectivity index (χ2v) is 6.44. The van der Waals surface area contributed by atoms with Crippen molar-refractivity contribution in [2.75, 3.05) is 7.05 Å². The molecule has 1 aliphatic rings. The third-order valence-electron chi connectivity index (χ3n) is 4.86. The van der Waals surface area contributed by atoms with Gasteiger partial charge in [0.15, 0.2) is 0 Å². The maximum Gasteiger partial charge on any atom is 0.123 e. The molecule has 25 heavy (non-hydrogen) atoms. The lowest BCUT2D eigenvalue weighted by Gasteiger charge is -2.32. The van der Waals surface area contributed by atoms with Gasteiger partial charge in [-0.15, -0.1) is 0 Å². The molecular weight excluding hydrogens is 308 g/mol. The van der Waals surface area contributed by atoms with Crippen molar-refractivity contribution in [2.24, 2.45) is 0 Å². The first kappa shape index (κ1) is 15.9. The van der Waals surface area contributed by atoms with Crippen molar-refractivity contribution >= 4 is 0 Å². The molecule has 0 saturated carbocycles. The van der Waals surface area contributed by atoms with Crippen LogP contribution in [0.4, 0.5) is 0 Å². The molecule has 3 nitrogen and oxygen atoms in total. The zero-order valence-electron chi connectivity index (χ0n) is 14.4. The monoisotopic (exact) mass is 330 g/mol. The molecule has 4 rings (SSSR count). The van der Waals surface area contributed by atoms with Gasteiger partial charge in [0, 0.05) is 18.0 Å². The van der Waals surface area contributed by atoms with Crippen molar-refractivity contribution in [3.05, 3.63) is 84.2 Å². The van der Waals surface area contributed by atoms with E-state index in [1.165, 1.54) is 11.1 Å². The number of aryl methyl sites for hydroxylation is 1. The van der Waals surface area contributed by atoms with Gasteiger partial charge in [0.1, 0.15) is 11.9 Å². The Morgan fingerprint density at radius 2 is 1.80 bits per heavy atom. The van der Waals surface area contributed by atoms with Crippen LogP contribution in [0, 0.1) is 0 Å². The smallest absolute Gasteiger partial charge is 0.123 e. The van der Waals surface area contributed by atoms with Gasteiger partial charge >= 0.3 is 0 Å². The fraction of sp³-hybridized carbons (Fsp3) is 0.227. The molecule has 0 bridgehead atoms. The van der Waals surface area contributed by atoms with Gasteiger partial charge in [0.25, 0.3) is 0 Å². The molecule has 2 atom stereocenters. The molecule has 2 aromatic carbocycles. The second kappa shape index (κ2) is 7.08. The Balaban J connectivity index is 1.62. The van der Waals surface area contributed by atoms with E-state index < -0.39 is 0 Å². The maximum atomic E-state index is 6.29. The number of pyridine rings is 1. The maximum absolute atomic E-state index is 6.29. The van der Waals surface area contributed by atoms with Crippen molar-refractivity contribution in [3.8, 4) is 16.9 Å². The van der Waals surface area contributed by atoms with Crippen molar-refractivity contribution in [1.82, 2.24) is 10.3 Å². The number of nitrogens with zero attached hydrogens (tertiary/aromatic N) is 1. The lowest BCUT2D eigenvalue weighted by molar-refractivity contribution is 0.132. The average molecular weight is 330 g/mol. The highest BCUT2D eigenvalue weighted by Gasteiger charge is 2.28. The summed E-state index contributed by atoms with van der Waals surface area (Å²) in [5.41, 5.74) is 4.77. The van der Waals surface area contributed by atoms with Gasteiger partial charge in [-0.2, -0.15) is 0 Å². The predicted octanol–water partition coefficient (Wildman–Crippen LogP) is 4.40. The van der Waals surface area contributed by atoms with Crippen LogP contribution in [0.3, 0.4) is 0 Å². The Labute approximate surface area is 148 Å². The highest BCUT2D eigenvalue weighted by Crippen LogP contribution is 2.33. The van der Waals surface area contributed by atoms with Crippen LogP contribution < -0.4 is 10.1 Å². The van der Waals surface area contributed by atoms with E-state index in [0.29, 0.717) is 0 Å². The Morgan fingerprint density at radius 1 is 1.00 bits per heavy atom. The first-order valence-electron chi connectivity index (χ1n) is 8.77. The molecule has 0 radical (unpaired) electrons. The van der Waals surface area contributed by atoms with Crippen LogP contribution in [0.2, 0.25) is 0 Å². The first-order chi connectivity index (χ1) is 12.3. The van der Waals surface area contributed by atoms with E-state index in [1.54, 1.807) is 0 Å². The topological polar surface area (TPSA) is 34.2 Å². The number of ether oxygens (including phenoxy) is 1. The van der Waals surface area contributed by atoms with E-state index in [-0.39, 0.29) is 12.1 Å². The molecule has 3 aromatic rings. The highest BCUT2D eigenvalue weighted by atomic mass is 16.5. The Kier molecular flexibility index (Phi) is 4.49. The summed E-state index contributed by atoms with van der Waals surface area (Å²) in [5, 5.41) is 3.43. The van der Waals surface area contributed by atoms with Crippen LogP contribution in [0.15, 0.2) is 73.1 Å². The van der Waals surface area contributed by atoms with Crippen LogP contribution in [-0.2, 0) is 6.42 Å². The van der Waals surface area contributed by atoms with E-state index in [4.69, 9.17) is 4.74 Å². The zero-order valence-corrected chi connectivity index (χ0v) is 14.4. The minimum Gasteiger partial charge on any atom is -0.488 e. The summed E-state index contributed by atoms with van der Waals surface area (Å²) >= 11 is 0. The molecule has 0 amide bonds. The van der Waals surface area contributed by atoms with E-state index >= 15 is 0 Å². The van der Waals surface area contributed by atoms with E-state index in [2.05, 4.69) is 58.8 Å². The van der Waals surface area contributed by atoms with Crippen LogP contribution in [0.5, 0.6) is 5.75 Å². The van der Waals surface area contributed by atoms with Crippen LogP contribution in [-0.4, -0.2) is 18.1 Å². The molecular formula is C22H22N2O. The number of nitrogens with one attached hydrogen (secondary N) is 1. The van der Waals surface area contributed by atoms with Crippen LogP contribution >= 0.6 is 0 Å². The highest BCUT2D eigenvalue weighted by molar-refractivity contribution is 5.63. The van der Waals surface area contributed by atoms with Crippen molar-refractivity contribution in [1.29, 1.82) is 0 Å². The van der Waals surface area contributed by atoms with Crippen molar-refractivity contribution in [3.63, 3.8) is 0 Å². The number of benzene rings is 2. The number of likely N-dealkylation sites (N-methyl/N-ethyl adjacent to an activating group) is 1. The van der Waals surface area contributed by atoms with E-state index in [9.17, 15) is 0 Å². The summed E-state index contributed by atoms with van der Waals surface area (Å²) in [6, 6.07) is 21.0. The zero-order chi connectivity index (χ0) is 17.1. The first-order valence-corrected chi connectivity index (χ1v) is 8.77. The summed E-state index contributed by atoms with van der Waals surface area (Å²) in [4.78, 5) is 4.47. The molecule has 0 fully saturated rings. The molecule has 1 aromatic heterocycles. The van der Waals surface area contributed by atoms with Crippen molar-refractivity contribution < 1.29 is 4.74 Å². The van der Waals surface area contributed by atoms with E-state index in [0.717, 1.165) is 29.7 Å². The van der Waals surface area contributed by atoms with E-state index in [1.807, 2.05) is 31.6 Å². The Hall–Kier alpha value is -2.65. The lowest BCUT2D eigenvalue weighted by atomic mass is 9.93. The number of hydrogen-bond donors (Lipinski definition) is 1. The van der Waals surface area contributed by atoms with Gasteiger partial charge in [-0.3, -0.25) is 4.98 Å². The summed E-state index contributed by atoms with van der Waals surface area (Å²) in [7, 11) is 1.99. The number of aromatic nitrogens is 1. The summed E-state index contributed by atoms with van der Waals surface area (Å²) in [6.07, 6.45) is 6.01. The molecule has 0 spiro atoms. The minimum absolute atomic E-state index is 0.104. The normalized spacial score (nSPS) is 17.4. The molecule has 0 saturated heterocycles. The molecule has 1 N–H and O–H groups in total. The predicted molar refractivity (Wildman–Crippen MR) is 101 cm³/mol. The molecule has 126 valence electrons. The van der Waals surface area contributed by atoms with Crippen molar-refractivity contribution in [2.45, 2.75) is 25.0 Å². The number of hydrogen-bond acceptors (Lipinski definition) is 3. The van der Waals surface area contributed by atoms with Gasteiger partial charge in [0.05, 0.1) is 6.04 Å². The molecule has 3 heteroatoms. The Morgan fingerprint density at radius 3 is 2.64 bits per heavy atom. The molecule has 1 aliphatic heterocycles. The van der Waals surface area contributed by atoms with Gasteiger partial charge < -0.3 is 10.1 Å². The van der Waals surface area contributed by atoms with Crippen LogP contribution in [0.1, 0.15) is 23.6 Å². The van der Waals surface area contributed by atoms with Gasteiger partial charge in [-0.05, 0) is 48.7 Å². The number of para-hydroxylation sites is 1. The third-order valence-corrected chi connectivity index (χ3v) is 4.86.